The fourth-order valence-corrected chi connectivity index (χ4v) is 6.15. The van der Waals surface area contributed by atoms with Crippen molar-refractivity contribution in [3.8, 4) is 0 Å². The molecule has 2 atom stereocenters. The normalized spacial score (nSPS) is 23.6. The summed E-state index contributed by atoms with van der Waals surface area (Å²) < 4.78 is 24.4. The summed E-state index contributed by atoms with van der Waals surface area (Å²) in [6, 6.07) is 4.20. The maximum absolute atomic E-state index is 11.7. The highest BCUT2D eigenvalue weighted by Gasteiger charge is 2.33. The maximum atomic E-state index is 11.7. The van der Waals surface area contributed by atoms with Crippen molar-refractivity contribution in [2.45, 2.75) is 19.8 Å². The second-order valence-electron chi connectivity index (χ2n) is 5.14. The molecule has 1 aliphatic rings. The lowest BCUT2D eigenvalue weighted by molar-refractivity contribution is 0.348. The van der Waals surface area contributed by atoms with E-state index in [1.54, 1.807) is 11.3 Å². The number of nitrogens with one attached hydrogen (secondary N) is 1. The fraction of sp³-hybridized carbons (Fsp3) is 0.692. The average Bonchev–Trinajstić information content (AvgIpc) is 2.90. The first kappa shape index (κ1) is 15.5. The first-order valence-electron chi connectivity index (χ1n) is 6.65. The van der Waals surface area contributed by atoms with E-state index in [1.165, 1.54) is 4.88 Å². The Morgan fingerprint density at radius 3 is 2.84 bits per heavy atom. The molecular formula is C13H20BrNO2S2. The molecule has 1 aromatic rings. The highest BCUT2D eigenvalue weighted by atomic mass is 79.9. The van der Waals surface area contributed by atoms with Gasteiger partial charge in [0, 0.05) is 4.88 Å². The third-order valence-electron chi connectivity index (χ3n) is 3.68. The Morgan fingerprint density at radius 1 is 1.53 bits per heavy atom. The van der Waals surface area contributed by atoms with Crippen LogP contribution in [0.2, 0.25) is 0 Å². The van der Waals surface area contributed by atoms with E-state index in [0.717, 1.165) is 29.7 Å². The van der Waals surface area contributed by atoms with Crippen LogP contribution in [0.5, 0.6) is 0 Å². The van der Waals surface area contributed by atoms with Crippen LogP contribution in [0.1, 0.15) is 18.2 Å². The molecule has 0 aliphatic carbocycles. The number of sulfone groups is 1. The van der Waals surface area contributed by atoms with Crippen LogP contribution in [0.15, 0.2) is 15.9 Å². The molecule has 0 radical (unpaired) electrons. The molecule has 1 saturated heterocycles. The highest BCUT2D eigenvalue weighted by Crippen LogP contribution is 2.31. The summed E-state index contributed by atoms with van der Waals surface area (Å²) in [5.74, 6) is 1.47. The molecule has 2 unspecified atom stereocenters. The van der Waals surface area contributed by atoms with Gasteiger partial charge in [0.2, 0.25) is 0 Å². The van der Waals surface area contributed by atoms with Gasteiger partial charge in [-0.2, -0.15) is 0 Å². The minimum absolute atomic E-state index is 0.310. The second-order valence-corrected chi connectivity index (χ2v) is 9.92. The average molecular weight is 366 g/mol. The van der Waals surface area contributed by atoms with Crippen molar-refractivity contribution in [1.29, 1.82) is 0 Å². The van der Waals surface area contributed by atoms with Crippen LogP contribution in [0.3, 0.4) is 0 Å². The Kier molecular flexibility index (Phi) is 5.45. The number of thiophene rings is 1. The molecule has 6 heteroatoms. The molecule has 0 spiro atoms. The van der Waals surface area contributed by atoms with E-state index in [4.69, 9.17) is 0 Å². The number of halogens is 1. The van der Waals surface area contributed by atoms with Gasteiger partial charge in [-0.1, -0.05) is 6.92 Å². The van der Waals surface area contributed by atoms with Crippen LogP contribution in [-0.4, -0.2) is 33.0 Å². The molecule has 0 amide bonds. The van der Waals surface area contributed by atoms with Crippen molar-refractivity contribution in [2.75, 3.05) is 24.6 Å². The Hall–Kier alpha value is 0.0900. The zero-order valence-corrected chi connectivity index (χ0v) is 14.3. The van der Waals surface area contributed by atoms with Gasteiger partial charge in [0.05, 0.1) is 15.3 Å². The molecule has 19 heavy (non-hydrogen) atoms. The molecular weight excluding hydrogens is 346 g/mol. The third kappa shape index (κ3) is 4.55. The van der Waals surface area contributed by atoms with Gasteiger partial charge in [-0.15, -0.1) is 11.3 Å². The molecule has 1 N–H and O–H groups in total. The van der Waals surface area contributed by atoms with Crippen molar-refractivity contribution in [3.05, 3.63) is 20.8 Å². The second kappa shape index (κ2) is 6.70. The topological polar surface area (TPSA) is 46.2 Å². The lowest BCUT2D eigenvalue weighted by Crippen LogP contribution is -2.30. The van der Waals surface area contributed by atoms with Crippen LogP contribution >= 0.6 is 27.3 Å². The number of rotatable bonds is 6. The van der Waals surface area contributed by atoms with Gasteiger partial charge in [0.25, 0.3) is 0 Å². The quantitative estimate of drug-likeness (QED) is 0.842. The monoisotopic (exact) mass is 365 g/mol. The summed E-state index contributed by atoms with van der Waals surface area (Å²) in [6.07, 6.45) is 1.80. The SMILES string of the molecule is CCNCC(Cc1ccc(Br)s1)C1CCS(=O)(=O)C1. The summed E-state index contributed by atoms with van der Waals surface area (Å²) >= 11 is 5.23. The largest absolute Gasteiger partial charge is 0.317 e. The van der Waals surface area contributed by atoms with E-state index < -0.39 is 9.84 Å². The Balaban J connectivity index is 2.03. The zero-order valence-electron chi connectivity index (χ0n) is 11.1. The first-order valence-corrected chi connectivity index (χ1v) is 10.1. The number of hydrogen-bond acceptors (Lipinski definition) is 4. The molecule has 3 nitrogen and oxygen atoms in total. The van der Waals surface area contributed by atoms with Crippen LogP contribution < -0.4 is 5.32 Å². The smallest absolute Gasteiger partial charge is 0.150 e. The van der Waals surface area contributed by atoms with E-state index in [0.29, 0.717) is 23.3 Å². The van der Waals surface area contributed by atoms with Crippen LogP contribution in [-0.2, 0) is 16.3 Å². The maximum Gasteiger partial charge on any atom is 0.150 e. The van der Waals surface area contributed by atoms with E-state index in [9.17, 15) is 8.42 Å². The van der Waals surface area contributed by atoms with Gasteiger partial charge in [0.15, 0.2) is 9.84 Å². The van der Waals surface area contributed by atoms with Crippen LogP contribution in [0.25, 0.3) is 0 Å². The third-order valence-corrected chi connectivity index (χ3v) is 7.12. The molecule has 1 aliphatic heterocycles. The minimum atomic E-state index is -2.79. The molecule has 2 heterocycles. The molecule has 1 aromatic heterocycles. The Morgan fingerprint density at radius 2 is 2.32 bits per heavy atom. The van der Waals surface area contributed by atoms with Crippen molar-refractivity contribution in [2.24, 2.45) is 11.8 Å². The van der Waals surface area contributed by atoms with E-state index in [-0.39, 0.29) is 0 Å². The van der Waals surface area contributed by atoms with Gasteiger partial charge in [0.1, 0.15) is 0 Å². The van der Waals surface area contributed by atoms with Crippen molar-refractivity contribution < 1.29 is 8.42 Å². The lowest BCUT2D eigenvalue weighted by atomic mass is 9.88. The van der Waals surface area contributed by atoms with E-state index in [1.807, 2.05) is 0 Å². The molecule has 108 valence electrons. The van der Waals surface area contributed by atoms with Crippen molar-refractivity contribution in [1.82, 2.24) is 5.32 Å². The van der Waals surface area contributed by atoms with Crippen molar-refractivity contribution >= 4 is 37.1 Å². The van der Waals surface area contributed by atoms with Gasteiger partial charge >= 0.3 is 0 Å². The summed E-state index contributed by atoms with van der Waals surface area (Å²) in [7, 11) is -2.79. The Labute approximate surface area is 127 Å². The highest BCUT2D eigenvalue weighted by molar-refractivity contribution is 9.11. The fourth-order valence-electron chi connectivity index (χ4n) is 2.65. The predicted octanol–water partition coefficient (Wildman–Crippen LogP) is 2.71. The molecule has 0 saturated carbocycles. The predicted molar refractivity (Wildman–Crippen MR) is 84.5 cm³/mol. The van der Waals surface area contributed by atoms with Crippen LogP contribution in [0, 0.1) is 11.8 Å². The summed E-state index contributed by atoms with van der Waals surface area (Å²) in [6.45, 7) is 3.93. The van der Waals surface area contributed by atoms with E-state index >= 15 is 0 Å². The van der Waals surface area contributed by atoms with Gasteiger partial charge < -0.3 is 5.32 Å². The standard InChI is InChI=1S/C13H20BrNO2S2/c1-2-15-8-11(7-12-3-4-13(14)18-12)10-5-6-19(16,17)9-10/h3-4,10-11,15H,2,5-9H2,1H3. The first-order chi connectivity index (χ1) is 9.00. The van der Waals surface area contributed by atoms with Gasteiger partial charge in [-0.05, 0) is 65.8 Å². The van der Waals surface area contributed by atoms with E-state index in [2.05, 4.69) is 40.3 Å². The summed E-state index contributed by atoms with van der Waals surface area (Å²) in [5.41, 5.74) is 0. The summed E-state index contributed by atoms with van der Waals surface area (Å²) in [4.78, 5) is 1.33. The lowest BCUT2D eigenvalue weighted by Gasteiger charge is -2.22. The minimum Gasteiger partial charge on any atom is -0.317 e. The summed E-state index contributed by atoms with van der Waals surface area (Å²) in [5, 5.41) is 3.38. The molecule has 0 bridgehead atoms. The van der Waals surface area contributed by atoms with Gasteiger partial charge in [-0.25, -0.2) is 8.42 Å². The molecule has 0 aromatic carbocycles. The van der Waals surface area contributed by atoms with Crippen molar-refractivity contribution in [3.63, 3.8) is 0 Å². The zero-order chi connectivity index (χ0) is 13.9. The number of hydrogen-bond donors (Lipinski definition) is 1. The Bertz CT molecular complexity index is 512. The molecule has 1 fully saturated rings. The van der Waals surface area contributed by atoms with Crippen LogP contribution in [0.4, 0.5) is 0 Å². The van der Waals surface area contributed by atoms with Gasteiger partial charge in [-0.3, -0.25) is 0 Å². The molecule has 2 rings (SSSR count).